The lowest BCUT2D eigenvalue weighted by Crippen LogP contribution is -2.32. The molecule has 0 bridgehead atoms. The van der Waals surface area contributed by atoms with E-state index >= 15 is 0 Å². The van der Waals surface area contributed by atoms with Crippen molar-refractivity contribution in [1.82, 2.24) is 19.8 Å². The topological polar surface area (TPSA) is 49.3 Å². The van der Waals surface area contributed by atoms with Crippen LogP contribution in [0, 0.1) is 25.7 Å². The van der Waals surface area contributed by atoms with Crippen molar-refractivity contribution in [3.8, 4) is 0 Å². The minimum absolute atomic E-state index is 0.103. The average Bonchev–Trinajstić information content (AvgIpc) is 3.18. The highest BCUT2D eigenvalue weighted by molar-refractivity contribution is 7.09. The molecule has 0 unspecified atom stereocenters. The third-order valence-corrected chi connectivity index (χ3v) is 6.58. The molecular formula is C20H26N4OS. The summed E-state index contributed by atoms with van der Waals surface area (Å²) in [5, 5.41) is 3.32. The molecule has 0 spiro atoms. The summed E-state index contributed by atoms with van der Waals surface area (Å²) in [6.45, 7) is 8.94. The number of carbonyl (C=O) groups excluding carboxylic acids is 1. The molecule has 6 heteroatoms. The summed E-state index contributed by atoms with van der Waals surface area (Å²) in [6.07, 6.45) is 4.05. The molecule has 2 aliphatic rings. The Bertz CT molecular complexity index is 774. The second-order valence-electron chi connectivity index (χ2n) is 7.61. The summed E-state index contributed by atoms with van der Waals surface area (Å²) >= 11 is 1.73. The second kappa shape index (κ2) is 7.45. The van der Waals surface area contributed by atoms with E-state index in [0.717, 1.165) is 43.3 Å². The Balaban J connectivity index is 1.36. The SMILES string of the molecule is Cc1nc(CN2CC[C@@H]3CN(C(=O)c4ncccc4C)C[C@@H]3CC2)cs1. The van der Waals surface area contributed by atoms with E-state index in [9.17, 15) is 4.79 Å². The number of aromatic nitrogens is 2. The van der Waals surface area contributed by atoms with Crippen molar-refractivity contribution in [2.45, 2.75) is 33.2 Å². The van der Waals surface area contributed by atoms with Crippen LogP contribution in [0.1, 0.15) is 39.6 Å². The molecule has 0 N–H and O–H groups in total. The molecule has 138 valence electrons. The maximum absolute atomic E-state index is 12.9. The number of hydrogen-bond donors (Lipinski definition) is 0. The molecular weight excluding hydrogens is 344 g/mol. The lowest BCUT2D eigenvalue weighted by molar-refractivity contribution is 0.0773. The van der Waals surface area contributed by atoms with Crippen LogP contribution in [0.4, 0.5) is 0 Å². The van der Waals surface area contributed by atoms with Gasteiger partial charge in [-0.1, -0.05) is 6.07 Å². The quantitative estimate of drug-likeness (QED) is 0.833. The first-order valence-electron chi connectivity index (χ1n) is 9.44. The summed E-state index contributed by atoms with van der Waals surface area (Å²) in [5.41, 5.74) is 2.78. The highest BCUT2D eigenvalue weighted by Crippen LogP contribution is 2.33. The molecule has 2 aromatic heterocycles. The zero-order valence-electron chi connectivity index (χ0n) is 15.5. The summed E-state index contributed by atoms with van der Waals surface area (Å²) in [6, 6.07) is 3.85. The Morgan fingerprint density at radius 2 is 1.96 bits per heavy atom. The fourth-order valence-electron chi connectivity index (χ4n) is 4.29. The average molecular weight is 371 g/mol. The van der Waals surface area contributed by atoms with Crippen LogP contribution in [0.15, 0.2) is 23.7 Å². The summed E-state index contributed by atoms with van der Waals surface area (Å²) in [4.78, 5) is 26.3. The first kappa shape index (κ1) is 17.6. The van der Waals surface area contributed by atoms with Gasteiger partial charge in [-0.05, 0) is 63.2 Å². The monoisotopic (exact) mass is 370 g/mol. The summed E-state index contributed by atoms with van der Waals surface area (Å²) in [7, 11) is 0. The standard InChI is InChI=1S/C20H26N4OS/c1-14-4-3-7-21-19(14)20(25)24-10-16-5-8-23(9-6-17(16)11-24)12-18-13-26-15(2)22-18/h3-4,7,13,16-17H,5-6,8-12H2,1-2H3/t16-,17+. The molecule has 4 heterocycles. The van der Waals surface area contributed by atoms with Crippen LogP contribution in [-0.4, -0.2) is 51.9 Å². The first-order valence-corrected chi connectivity index (χ1v) is 10.3. The minimum Gasteiger partial charge on any atom is -0.337 e. The van der Waals surface area contributed by atoms with Gasteiger partial charge in [0.25, 0.3) is 5.91 Å². The molecule has 0 radical (unpaired) electrons. The van der Waals surface area contributed by atoms with E-state index in [0.29, 0.717) is 17.5 Å². The number of pyridine rings is 1. The van der Waals surface area contributed by atoms with Crippen molar-refractivity contribution >= 4 is 17.2 Å². The lowest BCUT2D eigenvalue weighted by atomic mass is 9.92. The van der Waals surface area contributed by atoms with Crippen molar-refractivity contribution < 1.29 is 4.79 Å². The minimum atomic E-state index is 0.103. The second-order valence-corrected chi connectivity index (χ2v) is 8.67. The summed E-state index contributed by atoms with van der Waals surface area (Å²) < 4.78 is 0. The Morgan fingerprint density at radius 1 is 1.23 bits per heavy atom. The molecule has 2 aliphatic heterocycles. The van der Waals surface area contributed by atoms with Gasteiger partial charge in [0.1, 0.15) is 5.69 Å². The van der Waals surface area contributed by atoms with E-state index in [2.05, 4.69) is 27.2 Å². The predicted octanol–water partition coefficient (Wildman–Crippen LogP) is 3.14. The zero-order chi connectivity index (χ0) is 18.1. The number of likely N-dealkylation sites (tertiary alicyclic amines) is 2. The van der Waals surface area contributed by atoms with Gasteiger partial charge in [-0.25, -0.2) is 4.98 Å². The number of carbonyl (C=O) groups is 1. The molecule has 2 atom stereocenters. The number of fused-ring (bicyclic) bond motifs is 1. The fourth-order valence-corrected chi connectivity index (χ4v) is 4.90. The van der Waals surface area contributed by atoms with E-state index < -0.39 is 0 Å². The largest absolute Gasteiger partial charge is 0.337 e. The van der Waals surface area contributed by atoms with Gasteiger partial charge in [0.05, 0.1) is 10.7 Å². The molecule has 2 saturated heterocycles. The van der Waals surface area contributed by atoms with Crippen molar-refractivity contribution in [3.63, 3.8) is 0 Å². The van der Waals surface area contributed by atoms with Crippen molar-refractivity contribution in [1.29, 1.82) is 0 Å². The molecule has 5 nitrogen and oxygen atoms in total. The van der Waals surface area contributed by atoms with Crippen LogP contribution >= 0.6 is 11.3 Å². The number of amides is 1. The van der Waals surface area contributed by atoms with Gasteiger partial charge < -0.3 is 4.90 Å². The highest BCUT2D eigenvalue weighted by Gasteiger charge is 2.37. The van der Waals surface area contributed by atoms with E-state index in [4.69, 9.17) is 0 Å². The maximum Gasteiger partial charge on any atom is 0.272 e. The van der Waals surface area contributed by atoms with Crippen LogP contribution < -0.4 is 0 Å². The third-order valence-electron chi connectivity index (χ3n) is 5.76. The molecule has 0 aromatic carbocycles. The van der Waals surface area contributed by atoms with E-state index in [1.165, 1.54) is 18.5 Å². The summed E-state index contributed by atoms with van der Waals surface area (Å²) in [5.74, 6) is 1.33. The zero-order valence-corrected chi connectivity index (χ0v) is 16.3. The number of aryl methyl sites for hydroxylation is 2. The molecule has 1 amide bonds. The highest BCUT2D eigenvalue weighted by atomic mass is 32.1. The van der Waals surface area contributed by atoms with Crippen molar-refractivity contribution in [2.75, 3.05) is 26.2 Å². The molecule has 0 aliphatic carbocycles. The number of rotatable bonds is 3. The third kappa shape index (κ3) is 3.67. The maximum atomic E-state index is 12.9. The normalized spacial score (nSPS) is 23.7. The first-order chi connectivity index (χ1) is 12.6. The molecule has 2 fully saturated rings. The van der Waals surface area contributed by atoms with Gasteiger partial charge in [0.2, 0.25) is 0 Å². The smallest absolute Gasteiger partial charge is 0.272 e. The van der Waals surface area contributed by atoms with Crippen molar-refractivity contribution in [3.05, 3.63) is 45.7 Å². The number of nitrogens with zero attached hydrogens (tertiary/aromatic N) is 4. The fraction of sp³-hybridized carbons (Fsp3) is 0.550. The molecule has 0 saturated carbocycles. The number of thiazole rings is 1. The van der Waals surface area contributed by atoms with Gasteiger partial charge in [0.15, 0.2) is 0 Å². The van der Waals surface area contributed by atoms with Crippen LogP contribution in [0.25, 0.3) is 0 Å². The Labute approximate surface area is 159 Å². The van der Waals surface area contributed by atoms with E-state index in [1.54, 1.807) is 17.5 Å². The van der Waals surface area contributed by atoms with Gasteiger partial charge in [-0.2, -0.15) is 0 Å². The van der Waals surface area contributed by atoms with Crippen LogP contribution in [0.5, 0.6) is 0 Å². The van der Waals surface area contributed by atoms with Crippen LogP contribution in [0.2, 0.25) is 0 Å². The number of hydrogen-bond acceptors (Lipinski definition) is 5. The van der Waals surface area contributed by atoms with Gasteiger partial charge in [-0.15, -0.1) is 11.3 Å². The van der Waals surface area contributed by atoms with E-state index in [-0.39, 0.29) is 5.91 Å². The van der Waals surface area contributed by atoms with Gasteiger partial charge >= 0.3 is 0 Å². The Hall–Kier alpha value is -1.79. The molecule has 26 heavy (non-hydrogen) atoms. The molecule has 2 aromatic rings. The van der Waals surface area contributed by atoms with Crippen molar-refractivity contribution in [2.24, 2.45) is 11.8 Å². The lowest BCUT2D eigenvalue weighted by Gasteiger charge is -2.21. The van der Waals surface area contributed by atoms with Gasteiger partial charge in [0, 0.05) is 31.2 Å². The van der Waals surface area contributed by atoms with Crippen LogP contribution in [0.3, 0.4) is 0 Å². The molecule has 4 rings (SSSR count). The predicted molar refractivity (Wildman–Crippen MR) is 103 cm³/mol. The van der Waals surface area contributed by atoms with Crippen LogP contribution in [-0.2, 0) is 6.54 Å². The van der Waals surface area contributed by atoms with E-state index in [1.807, 2.05) is 24.0 Å². The van der Waals surface area contributed by atoms with Gasteiger partial charge in [-0.3, -0.25) is 14.7 Å². The Kier molecular flexibility index (Phi) is 5.05. The Morgan fingerprint density at radius 3 is 2.58 bits per heavy atom.